The van der Waals surface area contributed by atoms with Crippen molar-refractivity contribution in [2.24, 2.45) is 0 Å². The Morgan fingerprint density at radius 2 is 2.05 bits per heavy atom. The predicted octanol–water partition coefficient (Wildman–Crippen LogP) is 0.146. The van der Waals surface area contributed by atoms with Crippen molar-refractivity contribution in [1.82, 2.24) is 10.3 Å². The van der Waals surface area contributed by atoms with Gasteiger partial charge in [0, 0.05) is 18.5 Å². The highest BCUT2D eigenvalue weighted by Gasteiger charge is 2.30. The van der Waals surface area contributed by atoms with Crippen LogP contribution in [0.25, 0.3) is 0 Å². The van der Waals surface area contributed by atoms with Gasteiger partial charge in [0.1, 0.15) is 0 Å². The first kappa shape index (κ1) is 15.4. The average Bonchev–Trinajstić information content (AvgIpc) is 2.28. The number of rotatable bonds is 5. The van der Waals surface area contributed by atoms with Crippen LogP contribution in [0.3, 0.4) is 0 Å². The molecule has 0 aromatic carbocycles. The number of nitrogens with zero attached hydrogens (tertiary/aromatic N) is 1. The average molecular weight is 285 g/mol. The van der Waals surface area contributed by atoms with E-state index in [0.29, 0.717) is 11.4 Å². The number of hydrogen-bond acceptors (Lipinski definition) is 5. The number of amides is 1. The molecule has 1 aromatic heterocycles. The second kappa shape index (κ2) is 5.56. The summed E-state index contributed by atoms with van der Waals surface area (Å²) in [6.45, 7) is 3.22. The van der Waals surface area contributed by atoms with E-state index < -0.39 is 14.6 Å². The number of pyridine rings is 1. The Kier molecular flexibility index (Phi) is 4.52. The molecular formula is C12H19N3O3S. The molecule has 6 nitrogen and oxygen atoms in total. The van der Waals surface area contributed by atoms with Gasteiger partial charge in [-0.2, -0.15) is 0 Å². The second-order valence-corrected chi connectivity index (χ2v) is 7.72. The van der Waals surface area contributed by atoms with E-state index in [1.54, 1.807) is 26.0 Å². The van der Waals surface area contributed by atoms with Crippen LogP contribution in [-0.4, -0.2) is 36.9 Å². The quantitative estimate of drug-likeness (QED) is 0.801. The lowest BCUT2D eigenvalue weighted by Crippen LogP contribution is -2.44. The topological polar surface area (TPSA) is 102 Å². The second-order valence-electron chi connectivity index (χ2n) is 5.07. The molecule has 0 saturated heterocycles. The van der Waals surface area contributed by atoms with Gasteiger partial charge < -0.3 is 11.1 Å². The minimum Gasteiger partial charge on any atom is -0.397 e. The maximum Gasteiger partial charge on any atom is 0.226 e. The first-order chi connectivity index (χ1) is 8.62. The molecule has 1 rings (SSSR count). The van der Waals surface area contributed by atoms with Crippen LogP contribution in [0.5, 0.6) is 0 Å². The third kappa shape index (κ3) is 4.51. The predicted molar refractivity (Wildman–Crippen MR) is 74.3 cm³/mol. The Hall–Kier alpha value is -1.63. The maximum atomic E-state index is 11.7. The zero-order valence-electron chi connectivity index (χ0n) is 11.3. The van der Waals surface area contributed by atoms with Crippen LogP contribution in [0.15, 0.2) is 18.3 Å². The van der Waals surface area contributed by atoms with Crippen molar-refractivity contribution < 1.29 is 13.2 Å². The highest BCUT2D eigenvalue weighted by Crippen LogP contribution is 2.13. The Morgan fingerprint density at radius 3 is 2.53 bits per heavy atom. The molecule has 0 spiro atoms. The molecule has 0 aliphatic carbocycles. The SMILES string of the molecule is CC(C)(CNC(=O)Cc1ccc(N)cn1)S(C)(=O)=O. The van der Waals surface area contributed by atoms with Crippen LogP contribution < -0.4 is 11.1 Å². The van der Waals surface area contributed by atoms with Gasteiger partial charge in [0.25, 0.3) is 0 Å². The summed E-state index contributed by atoms with van der Waals surface area (Å²) < 4.78 is 22.0. The fourth-order valence-electron chi connectivity index (χ4n) is 1.21. The highest BCUT2D eigenvalue weighted by molar-refractivity contribution is 7.92. The fourth-order valence-corrected chi connectivity index (χ4v) is 1.54. The van der Waals surface area contributed by atoms with E-state index >= 15 is 0 Å². The molecular weight excluding hydrogens is 266 g/mol. The van der Waals surface area contributed by atoms with Gasteiger partial charge >= 0.3 is 0 Å². The van der Waals surface area contributed by atoms with Gasteiger partial charge in [-0.25, -0.2) is 8.42 Å². The van der Waals surface area contributed by atoms with E-state index in [1.807, 2.05) is 0 Å². The molecule has 0 saturated carbocycles. The summed E-state index contributed by atoms with van der Waals surface area (Å²) in [6, 6.07) is 3.33. The summed E-state index contributed by atoms with van der Waals surface area (Å²) in [5, 5.41) is 2.60. The molecule has 0 bridgehead atoms. The van der Waals surface area contributed by atoms with E-state index in [9.17, 15) is 13.2 Å². The van der Waals surface area contributed by atoms with E-state index in [2.05, 4.69) is 10.3 Å². The Labute approximate surface area is 113 Å². The van der Waals surface area contributed by atoms with Crippen LogP contribution >= 0.6 is 0 Å². The van der Waals surface area contributed by atoms with Crippen LogP contribution in [0.4, 0.5) is 5.69 Å². The van der Waals surface area contributed by atoms with E-state index in [0.717, 1.165) is 6.26 Å². The number of nitrogens with one attached hydrogen (secondary N) is 1. The molecule has 0 atom stereocenters. The molecule has 1 amide bonds. The monoisotopic (exact) mass is 285 g/mol. The Balaban J connectivity index is 2.55. The first-order valence-corrected chi connectivity index (χ1v) is 7.68. The minimum absolute atomic E-state index is 0.0691. The van der Waals surface area contributed by atoms with Crippen molar-refractivity contribution in [3.05, 3.63) is 24.0 Å². The molecule has 0 fully saturated rings. The summed E-state index contributed by atoms with van der Waals surface area (Å²) >= 11 is 0. The summed E-state index contributed by atoms with van der Waals surface area (Å²) in [6.07, 6.45) is 2.73. The van der Waals surface area contributed by atoms with Crippen molar-refractivity contribution in [2.75, 3.05) is 18.5 Å². The lowest BCUT2D eigenvalue weighted by molar-refractivity contribution is -0.120. The first-order valence-electron chi connectivity index (χ1n) is 5.78. The number of hydrogen-bond donors (Lipinski definition) is 2. The third-order valence-corrected chi connectivity index (χ3v) is 5.06. The van der Waals surface area contributed by atoms with Gasteiger partial charge in [-0.05, 0) is 26.0 Å². The molecule has 0 aliphatic rings. The summed E-state index contributed by atoms with van der Waals surface area (Å²) in [5.74, 6) is -0.269. The van der Waals surface area contributed by atoms with Gasteiger partial charge in [-0.1, -0.05) is 0 Å². The lowest BCUT2D eigenvalue weighted by atomic mass is 10.2. The van der Waals surface area contributed by atoms with E-state index in [4.69, 9.17) is 5.73 Å². The minimum atomic E-state index is -3.22. The Bertz CT molecular complexity index is 550. The zero-order valence-corrected chi connectivity index (χ0v) is 12.1. The molecule has 1 aromatic rings. The van der Waals surface area contributed by atoms with Crippen molar-refractivity contribution in [1.29, 1.82) is 0 Å². The van der Waals surface area contributed by atoms with Crippen LogP contribution in [0, 0.1) is 0 Å². The van der Waals surface area contributed by atoms with Crippen molar-refractivity contribution in [3.8, 4) is 0 Å². The lowest BCUT2D eigenvalue weighted by Gasteiger charge is -2.22. The molecule has 7 heteroatoms. The number of sulfone groups is 1. The number of anilines is 1. The summed E-state index contributed by atoms with van der Waals surface area (Å²) in [4.78, 5) is 15.7. The number of nitrogen functional groups attached to an aromatic ring is 1. The summed E-state index contributed by atoms with van der Waals surface area (Å²) in [5.41, 5.74) is 6.61. The smallest absolute Gasteiger partial charge is 0.226 e. The Morgan fingerprint density at radius 1 is 1.42 bits per heavy atom. The standard InChI is InChI=1S/C12H19N3O3S/c1-12(2,19(3,17)18)8-15-11(16)6-10-5-4-9(13)7-14-10/h4-5,7H,6,8,13H2,1-3H3,(H,15,16). The molecule has 0 aliphatic heterocycles. The van der Waals surface area contributed by atoms with Gasteiger partial charge in [0.15, 0.2) is 9.84 Å². The molecule has 3 N–H and O–H groups in total. The van der Waals surface area contributed by atoms with Gasteiger partial charge in [-0.15, -0.1) is 0 Å². The number of nitrogens with two attached hydrogens (primary N) is 1. The normalized spacial score (nSPS) is 12.2. The van der Waals surface area contributed by atoms with E-state index in [1.165, 1.54) is 6.20 Å². The van der Waals surface area contributed by atoms with Crippen LogP contribution in [-0.2, 0) is 21.1 Å². The highest BCUT2D eigenvalue weighted by atomic mass is 32.2. The number of carbonyl (C=O) groups excluding carboxylic acids is 1. The van der Waals surface area contributed by atoms with Gasteiger partial charge in [0.05, 0.1) is 23.1 Å². The third-order valence-electron chi connectivity index (χ3n) is 2.90. The number of carbonyl (C=O) groups is 1. The van der Waals surface area contributed by atoms with Crippen LogP contribution in [0.2, 0.25) is 0 Å². The molecule has 0 unspecified atom stereocenters. The molecule has 0 radical (unpaired) electrons. The van der Waals surface area contributed by atoms with Gasteiger partial charge in [0.2, 0.25) is 5.91 Å². The largest absolute Gasteiger partial charge is 0.397 e. The fraction of sp³-hybridized carbons (Fsp3) is 0.500. The molecule has 1 heterocycles. The number of aromatic nitrogens is 1. The molecule has 106 valence electrons. The zero-order chi connectivity index (χ0) is 14.7. The van der Waals surface area contributed by atoms with E-state index in [-0.39, 0.29) is 18.9 Å². The van der Waals surface area contributed by atoms with Crippen LogP contribution in [0.1, 0.15) is 19.5 Å². The van der Waals surface area contributed by atoms with Gasteiger partial charge in [-0.3, -0.25) is 9.78 Å². The summed E-state index contributed by atoms with van der Waals surface area (Å²) in [7, 11) is -3.22. The van der Waals surface area contributed by atoms with Crippen molar-refractivity contribution in [2.45, 2.75) is 25.0 Å². The molecule has 19 heavy (non-hydrogen) atoms. The van der Waals surface area contributed by atoms with Crippen molar-refractivity contribution >= 4 is 21.4 Å². The van der Waals surface area contributed by atoms with Crippen molar-refractivity contribution in [3.63, 3.8) is 0 Å². The maximum absolute atomic E-state index is 11.7.